The number of hydrogen-bond acceptors (Lipinski definition) is 6. The number of carbonyl (C=O) groups is 2. The number of pyridine rings is 1. The van der Waals surface area contributed by atoms with Gasteiger partial charge in [-0.2, -0.15) is 0 Å². The quantitative estimate of drug-likeness (QED) is 0.487. The first-order chi connectivity index (χ1) is 14.7. The number of amides is 2. The maximum Gasteiger partial charge on any atom is 0.407 e. The highest BCUT2D eigenvalue weighted by Gasteiger charge is 2.33. The Morgan fingerprint density at radius 1 is 1.10 bits per heavy atom. The molecule has 0 radical (unpaired) electrons. The summed E-state index contributed by atoms with van der Waals surface area (Å²) in [6.45, 7) is 6.48. The van der Waals surface area contributed by atoms with Crippen molar-refractivity contribution in [1.29, 1.82) is 0 Å². The molecule has 0 spiro atoms. The van der Waals surface area contributed by atoms with E-state index in [1.54, 1.807) is 6.20 Å². The molecule has 8 heteroatoms. The number of alkyl carbamates (subject to hydrolysis) is 1. The molecule has 4 N–H and O–H groups in total. The maximum absolute atomic E-state index is 12.5. The van der Waals surface area contributed by atoms with Crippen molar-refractivity contribution < 1.29 is 19.4 Å². The van der Waals surface area contributed by atoms with Gasteiger partial charge in [-0.25, -0.2) is 4.79 Å². The third-order valence-electron chi connectivity index (χ3n) is 4.71. The molecule has 31 heavy (non-hydrogen) atoms. The van der Waals surface area contributed by atoms with E-state index in [9.17, 15) is 14.7 Å². The molecule has 0 saturated carbocycles. The Morgan fingerprint density at radius 3 is 2.39 bits per heavy atom. The lowest BCUT2D eigenvalue weighted by Gasteiger charge is -2.30. The molecular formula is C23H32N4O4. The van der Waals surface area contributed by atoms with Gasteiger partial charge in [0.25, 0.3) is 0 Å². The fourth-order valence-corrected chi connectivity index (χ4v) is 2.95. The van der Waals surface area contributed by atoms with Gasteiger partial charge in [0.05, 0.1) is 18.9 Å². The van der Waals surface area contributed by atoms with Crippen molar-refractivity contribution in [2.75, 3.05) is 20.2 Å². The van der Waals surface area contributed by atoms with Gasteiger partial charge >= 0.3 is 6.09 Å². The first-order valence-electron chi connectivity index (χ1n) is 10.2. The topological polar surface area (TPSA) is 113 Å². The summed E-state index contributed by atoms with van der Waals surface area (Å²) in [5.74, 6) is -0.373. The molecule has 168 valence electrons. The number of nitrogens with zero attached hydrogens (tertiary/aromatic N) is 1. The fraction of sp³-hybridized carbons (Fsp3) is 0.435. The van der Waals surface area contributed by atoms with Crippen molar-refractivity contribution in [3.8, 4) is 11.3 Å². The van der Waals surface area contributed by atoms with E-state index in [1.807, 2.05) is 63.2 Å². The Hall–Kier alpha value is -2.97. The van der Waals surface area contributed by atoms with Gasteiger partial charge in [0, 0.05) is 31.4 Å². The highest BCUT2D eigenvalue weighted by Crippen LogP contribution is 2.19. The van der Waals surface area contributed by atoms with E-state index >= 15 is 0 Å². The summed E-state index contributed by atoms with van der Waals surface area (Å²) in [5.41, 5.74) is 2.53. The Bertz CT molecular complexity index is 835. The van der Waals surface area contributed by atoms with Crippen LogP contribution in [0.4, 0.5) is 4.79 Å². The number of methoxy groups -OCH3 is 1. The minimum absolute atomic E-state index is 0.0693. The van der Waals surface area contributed by atoms with Crippen molar-refractivity contribution in [2.45, 2.75) is 39.5 Å². The van der Waals surface area contributed by atoms with Crippen LogP contribution in [0.3, 0.4) is 0 Å². The normalized spacial score (nSPS) is 13.2. The third kappa shape index (κ3) is 7.99. The SMILES string of the molecule is COC(=O)NC(C(=O)NCC(O)CNCc1ccc(-c2ccccn2)cc1)C(C)(C)C. The molecule has 2 rings (SSSR count). The average molecular weight is 429 g/mol. The van der Waals surface area contributed by atoms with E-state index in [2.05, 4.69) is 25.7 Å². The van der Waals surface area contributed by atoms with Gasteiger partial charge in [-0.15, -0.1) is 0 Å². The van der Waals surface area contributed by atoms with Crippen molar-refractivity contribution in [3.05, 3.63) is 54.2 Å². The zero-order valence-corrected chi connectivity index (χ0v) is 18.5. The number of nitrogens with one attached hydrogen (secondary N) is 3. The van der Waals surface area contributed by atoms with Crippen molar-refractivity contribution in [1.82, 2.24) is 20.9 Å². The monoisotopic (exact) mass is 428 g/mol. The van der Waals surface area contributed by atoms with Crippen molar-refractivity contribution in [2.24, 2.45) is 5.41 Å². The number of ether oxygens (including phenoxy) is 1. The molecular weight excluding hydrogens is 396 g/mol. The largest absolute Gasteiger partial charge is 0.453 e. The van der Waals surface area contributed by atoms with Crippen LogP contribution >= 0.6 is 0 Å². The molecule has 2 amide bonds. The van der Waals surface area contributed by atoms with Crippen LogP contribution in [0.1, 0.15) is 26.3 Å². The van der Waals surface area contributed by atoms with E-state index < -0.39 is 23.7 Å². The van der Waals surface area contributed by atoms with Crippen LogP contribution in [0.25, 0.3) is 11.3 Å². The number of benzene rings is 1. The van der Waals surface area contributed by atoms with E-state index in [1.165, 1.54) is 7.11 Å². The molecule has 0 aliphatic carbocycles. The summed E-state index contributed by atoms with van der Waals surface area (Å²) in [6, 6.07) is 13.1. The van der Waals surface area contributed by atoms with Crippen molar-refractivity contribution in [3.63, 3.8) is 0 Å². The summed E-state index contributed by atoms with van der Waals surface area (Å²) >= 11 is 0. The van der Waals surface area contributed by atoms with Gasteiger partial charge < -0.3 is 25.8 Å². The molecule has 0 aliphatic heterocycles. The Morgan fingerprint density at radius 2 is 1.81 bits per heavy atom. The van der Waals surface area contributed by atoms with Gasteiger partial charge in [-0.1, -0.05) is 51.1 Å². The second-order valence-electron chi connectivity index (χ2n) is 8.38. The van der Waals surface area contributed by atoms with E-state index in [0.29, 0.717) is 13.1 Å². The van der Waals surface area contributed by atoms with Crippen LogP contribution in [0.5, 0.6) is 0 Å². The molecule has 1 heterocycles. The molecule has 0 fully saturated rings. The molecule has 8 nitrogen and oxygen atoms in total. The van der Waals surface area contributed by atoms with Gasteiger partial charge in [-0.3, -0.25) is 9.78 Å². The maximum atomic E-state index is 12.5. The first kappa shape index (κ1) is 24.3. The summed E-state index contributed by atoms with van der Waals surface area (Å²) in [7, 11) is 1.24. The number of aliphatic hydroxyl groups excluding tert-OH is 1. The van der Waals surface area contributed by atoms with Gasteiger partial charge in [0.1, 0.15) is 6.04 Å². The highest BCUT2D eigenvalue weighted by atomic mass is 16.5. The molecule has 0 bridgehead atoms. The molecule has 1 aromatic heterocycles. The Balaban J connectivity index is 1.76. The van der Waals surface area contributed by atoms with Crippen LogP contribution in [0.2, 0.25) is 0 Å². The lowest BCUT2D eigenvalue weighted by Crippen LogP contribution is -2.54. The van der Waals surface area contributed by atoms with E-state index in [4.69, 9.17) is 0 Å². The zero-order chi connectivity index (χ0) is 22.9. The first-order valence-corrected chi connectivity index (χ1v) is 10.2. The summed E-state index contributed by atoms with van der Waals surface area (Å²) in [5, 5.41) is 18.6. The van der Waals surface area contributed by atoms with Gasteiger partial charge in [0.15, 0.2) is 0 Å². The molecule has 0 aliphatic rings. The van der Waals surface area contributed by atoms with E-state index in [-0.39, 0.29) is 12.5 Å². The molecule has 2 atom stereocenters. The minimum Gasteiger partial charge on any atom is -0.453 e. The Kier molecular flexibility index (Phi) is 8.96. The summed E-state index contributed by atoms with van der Waals surface area (Å²) in [4.78, 5) is 28.3. The van der Waals surface area contributed by atoms with E-state index in [0.717, 1.165) is 16.8 Å². The van der Waals surface area contributed by atoms with Crippen LogP contribution in [-0.4, -0.2) is 54.4 Å². The predicted molar refractivity (Wildman–Crippen MR) is 119 cm³/mol. The lowest BCUT2D eigenvalue weighted by atomic mass is 9.86. The minimum atomic E-state index is -0.780. The molecule has 1 aromatic carbocycles. The number of aliphatic hydroxyl groups is 1. The lowest BCUT2D eigenvalue weighted by molar-refractivity contribution is -0.125. The average Bonchev–Trinajstić information content (AvgIpc) is 2.76. The standard InChI is InChI=1S/C23H32N4O4/c1-23(2,3)20(27-22(30)31-4)21(29)26-15-18(28)14-24-13-16-8-10-17(11-9-16)19-7-5-6-12-25-19/h5-12,18,20,24,28H,13-15H2,1-4H3,(H,26,29)(H,27,30). The number of hydrogen-bond donors (Lipinski definition) is 4. The molecule has 2 unspecified atom stereocenters. The number of rotatable bonds is 9. The van der Waals surface area contributed by atoms with Crippen LogP contribution in [0, 0.1) is 5.41 Å². The van der Waals surface area contributed by atoms with Crippen LogP contribution < -0.4 is 16.0 Å². The zero-order valence-electron chi connectivity index (χ0n) is 18.5. The van der Waals surface area contributed by atoms with Gasteiger partial charge in [0.2, 0.25) is 5.91 Å². The number of carbonyl (C=O) groups excluding carboxylic acids is 2. The second-order valence-corrected chi connectivity index (χ2v) is 8.38. The summed E-state index contributed by atoms with van der Waals surface area (Å²) < 4.78 is 4.59. The van der Waals surface area contributed by atoms with Crippen LogP contribution in [0.15, 0.2) is 48.7 Å². The smallest absolute Gasteiger partial charge is 0.407 e. The predicted octanol–water partition coefficient (Wildman–Crippen LogP) is 2.09. The Labute approximate surface area is 183 Å². The molecule has 0 saturated heterocycles. The van der Waals surface area contributed by atoms with Crippen molar-refractivity contribution >= 4 is 12.0 Å². The second kappa shape index (κ2) is 11.4. The van der Waals surface area contributed by atoms with Crippen LogP contribution in [-0.2, 0) is 16.1 Å². The number of aromatic nitrogens is 1. The van der Waals surface area contributed by atoms with Gasteiger partial charge in [-0.05, 0) is 23.1 Å². The fourth-order valence-electron chi connectivity index (χ4n) is 2.95. The third-order valence-corrected chi connectivity index (χ3v) is 4.71. The highest BCUT2D eigenvalue weighted by molar-refractivity contribution is 5.86. The summed E-state index contributed by atoms with van der Waals surface area (Å²) in [6.07, 6.45) is 0.321. The molecule has 2 aromatic rings.